The van der Waals surface area contributed by atoms with Gasteiger partial charge in [0.25, 0.3) is 5.91 Å². The van der Waals surface area contributed by atoms with Crippen molar-refractivity contribution in [1.29, 1.82) is 0 Å². The van der Waals surface area contributed by atoms with Gasteiger partial charge in [-0.3, -0.25) is 9.59 Å². The zero-order valence-electron chi connectivity index (χ0n) is 21.9. The second-order valence-electron chi connectivity index (χ2n) is 9.27. The van der Waals surface area contributed by atoms with E-state index in [1.165, 1.54) is 6.07 Å². The largest absolute Gasteiger partial charge is 0.463 e. The predicted octanol–water partition coefficient (Wildman–Crippen LogP) is 5.90. The third-order valence-electron chi connectivity index (χ3n) is 6.67. The lowest BCUT2D eigenvalue weighted by Crippen LogP contribution is -2.33. The van der Waals surface area contributed by atoms with Crippen molar-refractivity contribution < 1.29 is 18.7 Å². The first-order valence-electron chi connectivity index (χ1n) is 12.7. The van der Waals surface area contributed by atoms with Crippen LogP contribution in [0.25, 0.3) is 22.3 Å². The van der Waals surface area contributed by atoms with E-state index in [1.54, 1.807) is 44.2 Å². The first-order valence-corrected chi connectivity index (χ1v) is 12.7. The maximum atomic E-state index is 13.7. The molecule has 2 heterocycles. The summed E-state index contributed by atoms with van der Waals surface area (Å²) < 4.78 is 11.5. The number of carbonyl (C=O) groups is 2. The van der Waals surface area contributed by atoms with E-state index in [4.69, 9.17) is 9.15 Å². The smallest absolute Gasteiger partial charge is 0.336 e. The SMILES string of the molecule is CCOC(=O)C1=C(C)NC(C)=C(C(=O)Nc2ccccc2)C1c1cccc(-c2cc(=O)c3ccccc3o2)c1. The van der Waals surface area contributed by atoms with E-state index in [2.05, 4.69) is 10.6 Å². The molecule has 2 N–H and O–H groups in total. The fraction of sp³-hybridized carbons (Fsp3) is 0.156. The molecule has 0 fully saturated rings. The Labute approximate surface area is 225 Å². The van der Waals surface area contributed by atoms with Crippen molar-refractivity contribution in [2.45, 2.75) is 26.7 Å². The summed E-state index contributed by atoms with van der Waals surface area (Å²) >= 11 is 0. The molecule has 196 valence electrons. The van der Waals surface area contributed by atoms with Crippen LogP contribution in [0, 0.1) is 0 Å². The van der Waals surface area contributed by atoms with Crippen molar-refractivity contribution in [3.63, 3.8) is 0 Å². The van der Waals surface area contributed by atoms with Gasteiger partial charge in [0.1, 0.15) is 11.3 Å². The lowest BCUT2D eigenvalue weighted by Gasteiger charge is -2.31. The van der Waals surface area contributed by atoms with Crippen molar-refractivity contribution in [3.05, 3.63) is 123 Å². The average molecular weight is 521 g/mol. The summed E-state index contributed by atoms with van der Waals surface area (Å²) in [5.41, 5.74) is 4.27. The lowest BCUT2D eigenvalue weighted by molar-refractivity contribution is -0.138. The number of ether oxygens (including phenoxy) is 1. The van der Waals surface area contributed by atoms with E-state index in [1.807, 2.05) is 55.5 Å². The van der Waals surface area contributed by atoms with Crippen LogP contribution in [-0.4, -0.2) is 18.5 Å². The monoisotopic (exact) mass is 520 g/mol. The molecule has 0 bridgehead atoms. The Morgan fingerprint density at radius 3 is 2.38 bits per heavy atom. The van der Waals surface area contributed by atoms with Crippen molar-refractivity contribution in [1.82, 2.24) is 5.32 Å². The van der Waals surface area contributed by atoms with Crippen LogP contribution < -0.4 is 16.1 Å². The molecule has 1 aliphatic rings. The number of esters is 1. The molecule has 0 radical (unpaired) electrons. The standard InChI is InChI=1S/C32H28N2O5/c1-4-38-32(37)29-20(3)33-19(2)28(31(36)34-23-13-6-5-7-14-23)30(29)22-12-10-11-21(17-22)27-18-25(35)24-15-8-9-16-26(24)39-27/h5-18,30,33H,4H2,1-3H3,(H,34,36). The number of nitrogens with one attached hydrogen (secondary N) is 2. The minimum atomic E-state index is -0.721. The first kappa shape index (κ1) is 25.7. The van der Waals surface area contributed by atoms with Crippen LogP contribution in [0.2, 0.25) is 0 Å². The van der Waals surface area contributed by atoms with Crippen molar-refractivity contribution in [2.24, 2.45) is 0 Å². The molecular weight excluding hydrogens is 492 g/mol. The molecule has 0 saturated carbocycles. The molecule has 0 spiro atoms. The Hall–Kier alpha value is -4.91. The van der Waals surface area contributed by atoms with Crippen molar-refractivity contribution in [3.8, 4) is 11.3 Å². The van der Waals surface area contributed by atoms with Gasteiger partial charge in [0.2, 0.25) is 0 Å². The summed E-state index contributed by atoms with van der Waals surface area (Å²) in [6, 6.07) is 25.0. The molecule has 1 atom stereocenters. The Bertz CT molecular complexity index is 1700. The van der Waals surface area contributed by atoms with E-state index >= 15 is 0 Å². The zero-order chi connectivity index (χ0) is 27.5. The van der Waals surface area contributed by atoms with E-state index in [0.29, 0.717) is 56.1 Å². The number of para-hydroxylation sites is 2. The molecule has 1 amide bonds. The third kappa shape index (κ3) is 5.11. The van der Waals surface area contributed by atoms with Gasteiger partial charge in [0.15, 0.2) is 5.43 Å². The molecule has 1 aliphatic heterocycles. The number of amides is 1. The number of fused-ring (bicyclic) bond motifs is 1. The summed E-state index contributed by atoms with van der Waals surface area (Å²) in [5.74, 6) is -1.18. The van der Waals surface area contributed by atoms with Crippen molar-refractivity contribution >= 4 is 28.5 Å². The summed E-state index contributed by atoms with van der Waals surface area (Å²) in [6.45, 7) is 5.54. The summed E-state index contributed by atoms with van der Waals surface area (Å²) in [6.07, 6.45) is 0. The Morgan fingerprint density at radius 1 is 0.897 bits per heavy atom. The van der Waals surface area contributed by atoms with Gasteiger partial charge >= 0.3 is 5.97 Å². The minimum Gasteiger partial charge on any atom is -0.463 e. The molecule has 5 rings (SSSR count). The quantitative estimate of drug-likeness (QED) is 0.308. The Morgan fingerprint density at radius 2 is 1.62 bits per heavy atom. The van der Waals surface area contributed by atoms with Crippen LogP contribution >= 0.6 is 0 Å². The summed E-state index contributed by atoms with van der Waals surface area (Å²) in [7, 11) is 0. The maximum Gasteiger partial charge on any atom is 0.336 e. The highest BCUT2D eigenvalue weighted by atomic mass is 16.5. The van der Waals surface area contributed by atoms with Gasteiger partial charge in [-0.2, -0.15) is 0 Å². The molecule has 4 aromatic rings. The fourth-order valence-corrected chi connectivity index (χ4v) is 4.95. The number of carbonyl (C=O) groups excluding carboxylic acids is 2. The molecule has 3 aromatic carbocycles. The lowest BCUT2D eigenvalue weighted by atomic mass is 9.79. The van der Waals surface area contributed by atoms with Crippen LogP contribution in [0.1, 0.15) is 32.3 Å². The number of rotatable bonds is 6. The highest BCUT2D eigenvalue weighted by Crippen LogP contribution is 2.40. The van der Waals surface area contributed by atoms with Gasteiger partial charge in [-0.1, -0.05) is 48.5 Å². The topological polar surface area (TPSA) is 97.6 Å². The van der Waals surface area contributed by atoms with Crippen LogP contribution in [0.15, 0.2) is 117 Å². The highest BCUT2D eigenvalue weighted by molar-refractivity contribution is 6.08. The Kier molecular flexibility index (Phi) is 7.14. The van der Waals surface area contributed by atoms with Gasteiger partial charge in [-0.25, -0.2) is 4.79 Å². The van der Waals surface area contributed by atoms with Crippen LogP contribution in [0.5, 0.6) is 0 Å². The number of hydrogen-bond acceptors (Lipinski definition) is 6. The second kappa shape index (κ2) is 10.8. The van der Waals surface area contributed by atoms with E-state index in [-0.39, 0.29) is 17.9 Å². The molecule has 1 unspecified atom stereocenters. The number of allylic oxidation sites excluding steroid dienone is 2. The highest BCUT2D eigenvalue weighted by Gasteiger charge is 2.37. The molecule has 1 aromatic heterocycles. The number of benzene rings is 3. The maximum absolute atomic E-state index is 13.7. The van der Waals surface area contributed by atoms with E-state index in [0.717, 1.165) is 0 Å². The van der Waals surface area contributed by atoms with E-state index in [9.17, 15) is 14.4 Å². The van der Waals surface area contributed by atoms with Crippen LogP contribution in [-0.2, 0) is 14.3 Å². The minimum absolute atomic E-state index is 0.152. The van der Waals surface area contributed by atoms with Gasteiger partial charge < -0.3 is 19.8 Å². The summed E-state index contributed by atoms with van der Waals surface area (Å²) in [4.78, 5) is 39.7. The molecule has 0 saturated heterocycles. The molecule has 39 heavy (non-hydrogen) atoms. The van der Waals surface area contributed by atoms with E-state index < -0.39 is 11.9 Å². The fourth-order valence-electron chi connectivity index (χ4n) is 4.95. The molecular formula is C32H28N2O5. The van der Waals surface area contributed by atoms with Crippen LogP contribution in [0.4, 0.5) is 5.69 Å². The molecule has 7 nitrogen and oxygen atoms in total. The number of anilines is 1. The number of dihydropyridines is 1. The zero-order valence-corrected chi connectivity index (χ0v) is 21.9. The van der Waals surface area contributed by atoms with Gasteiger partial charge in [0, 0.05) is 34.3 Å². The normalized spacial score (nSPS) is 15.2. The average Bonchev–Trinajstić information content (AvgIpc) is 2.93. The molecule has 0 aliphatic carbocycles. The summed E-state index contributed by atoms with van der Waals surface area (Å²) in [5, 5.41) is 6.64. The van der Waals surface area contributed by atoms with Gasteiger partial charge in [0.05, 0.1) is 23.5 Å². The molecule has 7 heteroatoms. The van der Waals surface area contributed by atoms with Crippen molar-refractivity contribution in [2.75, 3.05) is 11.9 Å². The van der Waals surface area contributed by atoms with Gasteiger partial charge in [-0.05, 0) is 56.7 Å². The number of hydrogen-bond donors (Lipinski definition) is 2. The Balaban J connectivity index is 1.64. The van der Waals surface area contributed by atoms with Crippen LogP contribution in [0.3, 0.4) is 0 Å². The third-order valence-corrected chi connectivity index (χ3v) is 6.67. The second-order valence-corrected chi connectivity index (χ2v) is 9.27. The first-order chi connectivity index (χ1) is 18.9. The van der Waals surface area contributed by atoms with Gasteiger partial charge in [-0.15, -0.1) is 0 Å². The predicted molar refractivity (Wildman–Crippen MR) is 151 cm³/mol.